The van der Waals surface area contributed by atoms with Crippen LogP contribution in [0.4, 0.5) is 13.2 Å². The van der Waals surface area contributed by atoms with Crippen molar-refractivity contribution in [3.8, 4) is 11.1 Å². The minimum absolute atomic E-state index is 0.535. The van der Waals surface area contributed by atoms with Gasteiger partial charge in [-0.15, -0.1) is 0 Å². The number of alkyl halides is 3. The number of rotatable bonds is 4. The summed E-state index contributed by atoms with van der Waals surface area (Å²) in [5.74, 6) is 0.667. The maximum atomic E-state index is 12.5. The van der Waals surface area contributed by atoms with Gasteiger partial charge in [0.25, 0.3) is 0 Å². The van der Waals surface area contributed by atoms with Gasteiger partial charge in [-0.25, -0.2) is 0 Å². The van der Waals surface area contributed by atoms with Gasteiger partial charge in [0.1, 0.15) is 12.0 Å². The lowest BCUT2D eigenvalue weighted by atomic mass is 9.98. The molecule has 1 aliphatic carbocycles. The number of halogens is 3. The maximum Gasteiger partial charge on any atom is 0.433 e. The van der Waals surface area contributed by atoms with Crippen LogP contribution in [0.5, 0.6) is 0 Å². The Morgan fingerprint density at radius 1 is 1.14 bits per heavy atom. The van der Waals surface area contributed by atoms with E-state index < -0.39 is 11.9 Å². The first-order valence-electron chi connectivity index (χ1n) is 7.08. The van der Waals surface area contributed by atoms with E-state index in [0.29, 0.717) is 17.0 Å². The van der Waals surface area contributed by atoms with Gasteiger partial charge in [0, 0.05) is 17.3 Å². The molecule has 1 aromatic carbocycles. The first kappa shape index (κ1) is 14.8. The number of aldehydes is 1. The molecule has 1 saturated carbocycles. The minimum atomic E-state index is -4.44. The molecular formula is C17H14F3NO. The van der Waals surface area contributed by atoms with Gasteiger partial charge in [0.2, 0.25) is 0 Å². The maximum absolute atomic E-state index is 12.5. The number of nitrogens with zero attached hydrogens (tertiary/aromatic N) is 1. The van der Waals surface area contributed by atoms with Gasteiger partial charge in [0.05, 0.1) is 0 Å². The van der Waals surface area contributed by atoms with Crippen molar-refractivity contribution >= 4 is 6.29 Å². The fraction of sp³-hybridized carbons (Fsp3) is 0.294. The normalized spacial score (nSPS) is 14.9. The number of benzene rings is 1. The molecule has 3 rings (SSSR count). The molecule has 0 bridgehead atoms. The van der Waals surface area contributed by atoms with Crippen molar-refractivity contribution in [2.24, 2.45) is 5.92 Å². The van der Waals surface area contributed by atoms with Crippen LogP contribution in [0.15, 0.2) is 36.5 Å². The lowest BCUT2D eigenvalue weighted by Crippen LogP contribution is -2.07. The molecule has 0 amide bonds. The summed E-state index contributed by atoms with van der Waals surface area (Å²) >= 11 is 0. The van der Waals surface area contributed by atoms with E-state index >= 15 is 0 Å². The quantitative estimate of drug-likeness (QED) is 0.777. The smallest absolute Gasteiger partial charge is 0.298 e. The summed E-state index contributed by atoms with van der Waals surface area (Å²) in [6.45, 7) is 0. The van der Waals surface area contributed by atoms with E-state index in [0.717, 1.165) is 29.9 Å². The molecule has 2 nitrogen and oxygen atoms in total. The predicted octanol–water partition coefficient (Wildman–Crippen LogP) is 4.53. The molecule has 1 heterocycles. The second-order valence-electron chi connectivity index (χ2n) is 5.66. The zero-order chi connectivity index (χ0) is 15.7. The molecule has 0 unspecified atom stereocenters. The number of carbonyl (C=O) groups excluding carboxylic acids is 1. The highest BCUT2D eigenvalue weighted by Gasteiger charge is 2.32. The van der Waals surface area contributed by atoms with Gasteiger partial charge >= 0.3 is 6.18 Å². The highest BCUT2D eigenvalue weighted by Crippen LogP contribution is 2.34. The highest BCUT2D eigenvalue weighted by atomic mass is 19.4. The predicted molar refractivity (Wildman–Crippen MR) is 76.5 cm³/mol. The fourth-order valence-electron chi connectivity index (χ4n) is 2.46. The van der Waals surface area contributed by atoms with Crippen molar-refractivity contribution in [3.63, 3.8) is 0 Å². The molecule has 1 fully saturated rings. The fourth-order valence-corrected chi connectivity index (χ4v) is 2.46. The molecule has 0 aliphatic heterocycles. The number of aromatic nitrogens is 1. The van der Waals surface area contributed by atoms with Crippen LogP contribution in [0.2, 0.25) is 0 Å². The summed E-state index contributed by atoms with van der Waals surface area (Å²) < 4.78 is 37.6. The Balaban J connectivity index is 1.94. The molecule has 0 radical (unpaired) electrons. The Hall–Kier alpha value is -2.17. The van der Waals surface area contributed by atoms with Crippen LogP contribution in [-0.4, -0.2) is 11.3 Å². The molecule has 0 saturated heterocycles. The third-order valence-electron chi connectivity index (χ3n) is 3.76. The Morgan fingerprint density at radius 2 is 1.91 bits per heavy atom. The van der Waals surface area contributed by atoms with E-state index in [1.54, 1.807) is 6.07 Å². The van der Waals surface area contributed by atoms with Gasteiger partial charge in [-0.2, -0.15) is 13.2 Å². The topological polar surface area (TPSA) is 30.0 Å². The Morgan fingerprint density at radius 3 is 2.45 bits per heavy atom. The lowest BCUT2D eigenvalue weighted by Gasteiger charge is -2.09. The van der Waals surface area contributed by atoms with Crippen molar-refractivity contribution in [1.29, 1.82) is 0 Å². The van der Waals surface area contributed by atoms with Crippen LogP contribution in [0.25, 0.3) is 11.1 Å². The molecule has 2 aromatic rings. The van der Waals surface area contributed by atoms with Crippen molar-refractivity contribution in [1.82, 2.24) is 4.98 Å². The summed E-state index contributed by atoms with van der Waals surface area (Å²) in [4.78, 5) is 14.5. The van der Waals surface area contributed by atoms with E-state index in [4.69, 9.17) is 0 Å². The molecule has 114 valence electrons. The zero-order valence-corrected chi connectivity index (χ0v) is 11.7. The van der Waals surface area contributed by atoms with E-state index in [1.165, 1.54) is 25.1 Å². The molecule has 0 spiro atoms. The van der Waals surface area contributed by atoms with Gasteiger partial charge in [-0.05, 0) is 54.5 Å². The largest absolute Gasteiger partial charge is 0.433 e. The van der Waals surface area contributed by atoms with Crippen molar-refractivity contribution in [2.45, 2.75) is 25.4 Å². The van der Waals surface area contributed by atoms with Crippen LogP contribution in [0.1, 0.15) is 34.5 Å². The van der Waals surface area contributed by atoms with Crippen LogP contribution in [-0.2, 0) is 12.6 Å². The molecule has 0 atom stereocenters. The lowest BCUT2D eigenvalue weighted by molar-refractivity contribution is -0.141. The molecule has 1 aliphatic rings. The molecule has 0 N–H and O–H groups in total. The summed E-state index contributed by atoms with van der Waals surface area (Å²) in [5.41, 5.74) is 1.96. The zero-order valence-electron chi connectivity index (χ0n) is 11.7. The van der Waals surface area contributed by atoms with Crippen LogP contribution in [0, 0.1) is 5.92 Å². The Labute approximate surface area is 126 Å². The highest BCUT2D eigenvalue weighted by molar-refractivity contribution is 5.79. The number of hydrogen-bond donors (Lipinski definition) is 0. The average Bonchev–Trinajstić information content (AvgIpc) is 3.30. The van der Waals surface area contributed by atoms with E-state index in [2.05, 4.69) is 4.98 Å². The monoisotopic (exact) mass is 305 g/mol. The molecule has 5 heteroatoms. The second-order valence-corrected chi connectivity index (χ2v) is 5.66. The standard InChI is InChI=1S/C17H14F3NO/c18-17(19,20)16-4-3-14(9-21-16)15-7-12(5-11-1-2-11)6-13(8-15)10-22/h3-4,6-11H,1-2,5H2. The molecule has 22 heavy (non-hydrogen) atoms. The SMILES string of the molecule is O=Cc1cc(CC2CC2)cc(-c2ccc(C(F)(F)F)nc2)c1. The molecular weight excluding hydrogens is 291 g/mol. The third kappa shape index (κ3) is 3.35. The summed E-state index contributed by atoms with van der Waals surface area (Å²) in [6.07, 6.45) is 0.819. The first-order chi connectivity index (χ1) is 10.5. The van der Waals surface area contributed by atoms with Crippen LogP contribution in [0.3, 0.4) is 0 Å². The number of pyridine rings is 1. The average molecular weight is 305 g/mol. The van der Waals surface area contributed by atoms with Gasteiger partial charge in [-0.1, -0.05) is 12.1 Å². The summed E-state index contributed by atoms with van der Waals surface area (Å²) in [6, 6.07) is 7.79. The number of hydrogen-bond acceptors (Lipinski definition) is 2. The van der Waals surface area contributed by atoms with Gasteiger partial charge in [-0.3, -0.25) is 9.78 Å². The number of carbonyl (C=O) groups is 1. The first-order valence-corrected chi connectivity index (χ1v) is 7.08. The third-order valence-corrected chi connectivity index (χ3v) is 3.76. The van der Waals surface area contributed by atoms with Crippen molar-refractivity contribution < 1.29 is 18.0 Å². The Kier molecular flexibility index (Phi) is 3.72. The van der Waals surface area contributed by atoms with Crippen LogP contribution >= 0.6 is 0 Å². The van der Waals surface area contributed by atoms with E-state index in [1.807, 2.05) is 12.1 Å². The minimum Gasteiger partial charge on any atom is -0.298 e. The van der Waals surface area contributed by atoms with Crippen LogP contribution < -0.4 is 0 Å². The van der Waals surface area contributed by atoms with Crippen molar-refractivity contribution in [3.05, 3.63) is 53.3 Å². The van der Waals surface area contributed by atoms with E-state index in [9.17, 15) is 18.0 Å². The molecule has 1 aromatic heterocycles. The van der Waals surface area contributed by atoms with E-state index in [-0.39, 0.29) is 0 Å². The second kappa shape index (κ2) is 5.55. The Bertz CT molecular complexity index is 688. The summed E-state index contributed by atoms with van der Waals surface area (Å²) in [5, 5.41) is 0. The van der Waals surface area contributed by atoms with Gasteiger partial charge < -0.3 is 0 Å². The van der Waals surface area contributed by atoms with Crippen molar-refractivity contribution in [2.75, 3.05) is 0 Å². The summed E-state index contributed by atoms with van der Waals surface area (Å²) in [7, 11) is 0. The van der Waals surface area contributed by atoms with Gasteiger partial charge in [0.15, 0.2) is 0 Å².